The summed E-state index contributed by atoms with van der Waals surface area (Å²) < 4.78 is 0. The summed E-state index contributed by atoms with van der Waals surface area (Å²) in [5, 5.41) is 21.7. The Bertz CT molecular complexity index is 745. The van der Waals surface area contributed by atoms with Gasteiger partial charge in [0.05, 0.1) is 11.6 Å². The fourth-order valence-corrected chi connectivity index (χ4v) is 4.33. The number of pyridine rings is 1. The molecule has 3 aliphatic heterocycles. The van der Waals surface area contributed by atoms with Gasteiger partial charge in [0, 0.05) is 24.2 Å². The first-order chi connectivity index (χ1) is 11.2. The van der Waals surface area contributed by atoms with Crippen LogP contribution in [0, 0.1) is 11.8 Å². The number of rotatable bonds is 3. The van der Waals surface area contributed by atoms with E-state index in [-0.39, 0.29) is 11.8 Å². The molecule has 2 bridgehead atoms. The fraction of sp³-hybridized carbons (Fsp3) is 0.421. The van der Waals surface area contributed by atoms with E-state index in [9.17, 15) is 10.2 Å². The number of aliphatic hydroxyl groups is 1. The molecule has 0 saturated carbocycles. The zero-order valence-corrected chi connectivity index (χ0v) is 13.1. The maximum Gasteiger partial charge on any atom is 0.116 e. The Morgan fingerprint density at radius 3 is 2.96 bits per heavy atom. The number of hydrogen-bond donors (Lipinski definition) is 2. The third kappa shape index (κ3) is 2.42. The highest BCUT2D eigenvalue weighted by Crippen LogP contribution is 2.42. The molecule has 2 aromatic rings. The molecule has 0 radical (unpaired) electrons. The van der Waals surface area contributed by atoms with E-state index in [1.54, 1.807) is 24.4 Å². The van der Waals surface area contributed by atoms with Crippen molar-refractivity contribution >= 4 is 10.9 Å². The summed E-state index contributed by atoms with van der Waals surface area (Å²) in [5.74, 6) is 1.38. The Labute approximate surface area is 136 Å². The number of piperidine rings is 3. The van der Waals surface area contributed by atoms with Crippen LogP contribution >= 0.6 is 0 Å². The Kier molecular flexibility index (Phi) is 3.58. The predicted octanol–water partition coefficient (Wildman–Crippen LogP) is 2.87. The number of aliphatic hydroxyl groups excluding tert-OH is 1. The molecule has 5 atom stereocenters. The van der Waals surface area contributed by atoms with Gasteiger partial charge in [0.25, 0.3) is 0 Å². The minimum Gasteiger partial charge on any atom is -0.508 e. The second-order valence-electron chi connectivity index (χ2n) is 6.79. The number of fused-ring (bicyclic) bond motifs is 4. The second-order valence-corrected chi connectivity index (χ2v) is 6.79. The number of phenolic OH excluding ortho intramolecular Hbond substituents is 1. The zero-order chi connectivity index (χ0) is 16.0. The molecule has 120 valence electrons. The van der Waals surface area contributed by atoms with E-state index >= 15 is 0 Å². The van der Waals surface area contributed by atoms with Gasteiger partial charge in [-0.05, 0) is 61.1 Å². The van der Waals surface area contributed by atoms with Crippen LogP contribution in [0.15, 0.2) is 43.1 Å². The van der Waals surface area contributed by atoms with Crippen LogP contribution in [0.5, 0.6) is 5.75 Å². The minimum absolute atomic E-state index is 0.137. The van der Waals surface area contributed by atoms with Crippen LogP contribution in [-0.4, -0.2) is 39.2 Å². The van der Waals surface area contributed by atoms with Crippen molar-refractivity contribution < 1.29 is 10.2 Å². The van der Waals surface area contributed by atoms with Crippen molar-refractivity contribution in [1.82, 2.24) is 9.88 Å². The summed E-state index contributed by atoms with van der Waals surface area (Å²) >= 11 is 0. The van der Waals surface area contributed by atoms with E-state index < -0.39 is 6.10 Å². The minimum atomic E-state index is -0.559. The van der Waals surface area contributed by atoms with Gasteiger partial charge in [0.1, 0.15) is 5.75 Å². The lowest BCUT2D eigenvalue weighted by atomic mass is 9.73. The van der Waals surface area contributed by atoms with Gasteiger partial charge in [-0.15, -0.1) is 6.58 Å². The third-order valence-electron chi connectivity index (χ3n) is 5.60. The van der Waals surface area contributed by atoms with Crippen LogP contribution in [0.25, 0.3) is 10.9 Å². The van der Waals surface area contributed by atoms with Crippen molar-refractivity contribution in [3.05, 3.63) is 48.7 Å². The molecule has 4 heterocycles. The summed E-state index contributed by atoms with van der Waals surface area (Å²) in [6, 6.07) is 7.14. The molecule has 3 fully saturated rings. The van der Waals surface area contributed by atoms with Gasteiger partial charge in [-0.3, -0.25) is 9.88 Å². The van der Waals surface area contributed by atoms with Gasteiger partial charge in [-0.25, -0.2) is 0 Å². The first kappa shape index (κ1) is 14.7. The molecule has 3 aliphatic rings. The average Bonchev–Trinajstić information content (AvgIpc) is 2.60. The number of aromatic hydroxyl groups is 1. The Morgan fingerprint density at radius 1 is 1.35 bits per heavy atom. The van der Waals surface area contributed by atoms with Crippen LogP contribution < -0.4 is 0 Å². The van der Waals surface area contributed by atoms with E-state index in [0.717, 1.165) is 36.0 Å². The highest BCUT2D eigenvalue weighted by atomic mass is 16.3. The number of nitrogens with zero attached hydrogens (tertiary/aromatic N) is 2. The SMILES string of the molecule is C=CC1CN2CC[C@@H]1CC2C(O)c1ccnc2ccc(O)cc12. The summed E-state index contributed by atoms with van der Waals surface area (Å²) in [5.41, 5.74) is 1.66. The van der Waals surface area contributed by atoms with Crippen molar-refractivity contribution in [1.29, 1.82) is 0 Å². The maximum atomic E-state index is 11.0. The van der Waals surface area contributed by atoms with Gasteiger partial charge in [0.15, 0.2) is 0 Å². The summed E-state index contributed by atoms with van der Waals surface area (Å²) in [7, 11) is 0. The number of aromatic nitrogens is 1. The zero-order valence-electron chi connectivity index (χ0n) is 13.1. The monoisotopic (exact) mass is 310 g/mol. The maximum absolute atomic E-state index is 11.0. The fourth-order valence-electron chi connectivity index (χ4n) is 4.33. The molecule has 0 aliphatic carbocycles. The van der Waals surface area contributed by atoms with Crippen molar-refractivity contribution in [2.75, 3.05) is 13.1 Å². The highest BCUT2D eigenvalue weighted by Gasteiger charge is 2.42. The molecule has 0 amide bonds. The van der Waals surface area contributed by atoms with E-state index in [4.69, 9.17) is 0 Å². The van der Waals surface area contributed by atoms with E-state index in [1.807, 2.05) is 6.07 Å². The number of phenols is 1. The summed E-state index contributed by atoms with van der Waals surface area (Å²) in [4.78, 5) is 6.73. The molecule has 0 spiro atoms. The lowest BCUT2D eigenvalue weighted by Crippen LogP contribution is -2.54. The van der Waals surface area contributed by atoms with Crippen LogP contribution in [-0.2, 0) is 0 Å². The lowest BCUT2D eigenvalue weighted by molar-refractivity contribution is -0.0444. The molecular weight excluding hydrogens is 288 g/mol. The third-order valence-corrected chi connectivity index (χ3v) is 5.60. The molecule has 2 N–H and O–H groups in total. The van der Waals surface area contributed by atoms with E-state index in [2.05, 4.69) is 22.5 Å². The predicted molar refractivity (Wildman–Crippen MR) is 90.1 cm³/mol. The molecule has 3 saturated heterocycles. The molecule has 5 rings (SSSR count). The van der Waals surface area contributed by atoms with Gasteiger partial charge >= 0.3 is 0 Å². The van der Waals surface area contributed by atoms with Crippen molar-refractivity contribution in [3.63, 3.8) is 0 Å². The highest BCUT2D eigenvalue weighted by molar-refractivity contribution is 5.83. The normalized spacial score (nSPS) is 31.2. The molecular formula is C19H22N2O2. The van der Waals surface area contributed by atoms with Crippen LogP contribution in [0.1, 0.15) is 24.5 Å². The van der Waals surface area contributed by atoms with Crippen molar-refractivity contribution in [3.8, 4) is 5.75 Å². The van der Waals surface area contributed by atoms with Crippen LogP contribution in [0.3, 0.4) is 0 Å². The summed E-state index contributed by atoms with van der Waals surface area (Å²) in [6.45, 7) is 5.99. The van der Waals surface area contributed by atoms with Gasteiger partial charge in [-0.1, -0.05) is 6.08 Å². The molecule has 1 aromatic heterocycles. The molecule has 4 unspecified atom stereocenters. The van der Waals surface area contributed by atoms with Crippen LogP contribution in [0.2, 0.25) is 0 Å². The van der Waals surface area contributed by atoms with Gasteiger partial charge in [0.2, 0.25) is 0 Å². The topological polar surface area (TPSA) is 56.6 Å². The van der Waals surface area contributed by atoms with Crippen LogP contribution in [0.4, 0.5) is 0 Å². The van der Waals surface area contributed by atoms with Gasteiger partial charge < -0.3 is 10.2 Å². The van der Waals surface area contributed by atoms with Crippen molar-refractivity contribution in [2.45, 2.75) is 25.0 Å². The number of hydrogen-bond acceptors (Lipinski definition) is 4. The quantitative estimate of drug-likeness (QED) is 0.856. The number of benzene rings is 1. The second kappa shape index (κ2) is 5.62. The van der Waals surface area contributed by atoms with E-state index in [0.29, 0.717) is 11.8 Å². The molecule has 4 heteroatoms. The molecule has 23 heavy (non-hydrogen) atoms. The summed E-state index contributed by atoms with van der Waals surface area (Å²) in [6.07, 6.45) is 5.44. The standard InChI is InChI=1S/C19H22N2O2/c1-2-12-11-21-8-6-13(12)9-18(21)19(23)15-5-7-20-17-4-3-14(22)10-16(15)17/h2-5,7,10,12-13,18-19,22-23H,1,6,8-9,11H2/t12?,13-,18?,19?/m1/s1. The first-order valence-corrected chi connectivity index (χ1v) is 8.29. The average molecular weight is 310 g/mol. The first-order valence-electron chi connectivity index (χ1n) is 8.29. The Balaban J connectivity index is 1.69. The van der Waals surface area contributed by atoms with Gasteiger partial charge in [-0.2, -0.15) is 0 Å². The molecule has 1 aromatic carbocycles. The Hall–Kier alpha value is -1.91. The molecule has 4 nitrogen and oxygen atoms in total. The lowest BCUT2D eigenvalue weighted by Gasteiger charge is -2.50. The van der Waals surface area contributed by atoms with E-state index in [1.165, 1.54) is 6.42 Å². The Morgan fingerprint density at radius 2 is 2.22 bits per heavy atom. The van der Waals surface area contributed by atoms with Crippen molar-refractivity contribution in [2.24, 2.45) is 11.8 Å². The smallest absolute Gasteiger partial charge is 0.116 e. The largest absolute Gasteiger partial charge is 0.508 e.